The zero-order chi connectivity index (χ0) is 54.8. The lowest BCUT2D eigenvalue weighted by Gasteiger charge is -2.17. The van der Waals surface area contributed by atoms with Crippen molar-refractivity contribution in [1.29, 1.82) is 0 Å². The third kappa shape index (κ3) is 52.6. The maximum atomic E-state index is 11.7. The Labute approximate surface area is 413 Å². The number of nitrogens with zero attached hydrogens (tertiary/aromatic N) is 4. The minimum atomic E-state index is -0.965. The third-order valence-corrected chi connectivity index (χ3v) is 7.02. The Hall–Kier alpha value is -4.66. The zero-order valence-electron chi connectivity index (χ0n) is 46.2. The van der Waals surface area contributed by atoms with Crippen molar-refractivity contribution in [3.63, 3.8) is 0 Å². The molecule has 0 amide bonds. The molecule has 69 heavy (non-hydrogen) atoms. The largest absolute Gasteiger partial charge is 0.457 e. The topological polar surface area (TPSA) is 244 Å². The Morgan fingerprint density at radius 3 is 1.20 bits per heavy atom. The van der Waals surface area contributed by atoms with Gasteiger partial charge in [0.15, 0.2) is 18.8 Å². The third-order valence-electron chi connectivity index (χ3n) is 7.02. The van der Waals surface area contributed by atoms with Crippen LogP contribution in [0.4, 0.5) is 0 Å². The molecule has 0 aromatic heterocycles. The number of carbonyl (C=O) groups is 6. The summed E-state index contributed by atoms with van der Waals surface area (Å²) in [6, 6.07) is 0. The number of hydrogen-bond acceptors (Lipinski definition) is 20. The number of methoxy groups -OCH3 is 3. The fourth-order valence-corrected chi connectivity index (χ4v) is 3.54. The quantitative estimate of drug-likeness (QED) is 0.0628. The predicted molar refractivity (Wildman–Crippen MR) is 268 cm³/mol. The van der Waals surface area contributed by atoms with Gasteiger partial charge in [-0.25, -0.2) is 24.0 Å². The van der Waals surface area contributed by atoms with Crippen LogP contribution in [-0.2, 0) is 76.1 Å². The van der Waals surface area contributed by atoms with Gasteiger partial charge in [0.1, 0.15) is 32.0 Å². The molecule has 0 aromatic rings. The van der Waals surface area contributed by atoms with Crippen LogP contribution in [0.1, 0.15) is 138 Å². The van der Waals surface area contributed by atoms with Crippen LogP contribution in [0.5, 0.6) is 0 Å². The van der Waals surface area contributed by atoms with E-state index < -0.39 is 66.8 Å². The first-order valence-corrected chi connectivity index (χ1v) is 22.8. The highest BCUT2D eigenvalue weighted by atomic mass is 16.6. The number of hydrogen-bond donors (Lipinski definition) is 0. The van der Waals surface area contributed by atoms with Crippen molar-refractivity contribution in [2.75, 3.05) is 54.4 Å². The summed E-state index contributed by atoms with van der Waals surface area (Å²) in [5.74, 6) is -3.69. The van der Waals surface area contributed by atoms with Gasteiger partial charge < -0.3 is 47.4 Å². The Balaban J connectivity index is -0.000000411. The molecule has 6 unspecified atom stereocenters. The van der Waals surface area contributed by atoms with E-state index in [1.807, 2.05) is 82.4 Å². The van der Waals surface area contributed by atoms with Gasteiger partial charge in [-0.05, 0) is 125 Å². The van der Waals surface area contributed by atoms with Crippen LogP contribution >= 0.6 is 0 Å². The Kier molecular flexibility index (Phi) is 38.2. The first-order chi connectivity index (χ1) is 31.4. The van der Waals surface area contributed by atoms with Gasteiger partial charge in [0.05, 0.1) is 46.9 Å². The van der Waals surface area contributed by atoms with E-state index in [0.717, 1.165) is 0 Å². The molecule has 0 fully saturated rings. The minimum absolute atomic E-state index is 0.0233. The normalized spacial score (nSPS) is 14.7. The maximum absolute atomic E-state index is 11.7. The SMILES string of the molecule is CC(C=NC(C)(C)C)OC(=O)C(C)OC(=O)C(C)C.COC(C)COC(C)C=NC(C)(C)C.COCC(=O)OC(C)C(=O)OC(C)C=NC(C)(C)C.COCC(=O)OCC(=O)OCC=NC(C)(C)C. The average molecular weight is 991 g/mol. The van der Waals surface area contributed by atoms with Crippen LogP contribution in [0.3, 0.4) is 0 Å². The van der Waals surface area contributed by atoms with Crippen LogP contribution in [0.25, 0.3) is 0 Å². The molecule has 0 rings (SSSR count). The predicted octanol–water partition coefficient (Wildman–Crippen LogP) is 6.62. The summed E-state index contributed by atoms with van der Waals surface area (Å²) in [7, 11) is 4.42. The van der Waals surface area contributed by atoms with Crippen LogP contribution in [0.2, 0.25) is 0 Å². The van der Waals surface area contributed by atoms with E-state index in [4.69, 9.17) is 33.2 Å². The highest BCUT2D eigenvalue weighted by molar-refractivity contribution is 5.82. The number of ether oxygens (including phenoxy) is 10. The molecule has 0 aliphatic carbocycles. The van der Waals surface area contributed by atoms with Gasteiger partial charge in [-0.1, -0.05) is 13.8 Å². The van der Waals surface area contributed by atoms with Crippen molar-refractivity contribution < 1.29 is 76.1 Å². The summed E-state index contributed by atoms with van der Waals surface area (Å²) < 4.78 is 49.0. The first kappa shape index (κ1) is 70.9. The molecule has 0 bridgehead atoms. The van der Waals surface area contributed by atoms with Crippen LogP contribution in [0.15, 0.2) is 20.0 Å². The van der Waals surface area contributed by atoms with E-state index in [9.17, 15) is 28.8 Å². The van der Waals surface area contributed by atoms with Gasteiger partial charge in [-0.2, -0.15) is 0 Å². The van der Waals surface area contributed by atoms with Crippen molar-refractivity contribution in [3.05, 3.63) is 0 Å². The molecule has 402 valence electrons. The molecular weight excluding hydrogens is 901 g/mol. The zero-order valence-corrected chi connectivity index (χ0v) is 46.2. The summed E-state index contributed by atoms with van der Waals surface area (Å²) in [5.41, 5.74) is -0.657. The number of esters is 6. The van der Waals surface area contributed by atoms with E-state index in [0.29, 0.717) is 6.61 Å². The van der Waals surface area contributed by atoms with Crippen molar-refractivity contribution >= 4 is 60.7 Å². The average Bonchev–Trinajstić information content (AvgIpc) is 3.21. The van der Waals surface area contributed by atoms with E-state index in [2.05, 4.69) is 55.0 Å². The van der Waals surface area contributed by atoms with E-state index in [-0.39, 0.29) is 60.1 Å². The molecule has 20 nitrogen and oxygen atoms in total. The second kappa shape index (κ2) is 37.2. The van der Waals surface area contributed by atoms with Crippen molar-refractivity contribution in [3.8, 4) is 0 Å². The molecule has 20 heteroatoms. The van der Waals surface area contributed by atoms with Crippen molar-refractivity contribution in [2.45, 2.75) is 197 Å². The van der Waals surface area contributed by atoms with Gasteiger partial charge >= 0.3 is 35.8 Å². The molecule has 0 aliphatic rings. The fraction of sp³-hybridized carbons (Fsp3) is 0.796. The summed E-state index contributed by atoms with van der Waals surface area (Å²) in [5, 5.41) is 0. The molecule has 0 N–H and O–H groups in total. The molecule has 0 saturated carbocycles. The van der Waals surface area contributed by atoms with Gasteiger partial charge in [-0.3, -0.25) is 24.8 Å². The molecular formula is C49H90N4O16. The van der Waals surface area contributed by atoms with Gasteiger partial charge in [0.2, 0.25) is 0 Å². The molecule has 6 atom stereocenters. The highest BCUT2D eigenvalue weighted by Crippen LogP contribution is 2.09. The fourth-order valence-electron chi connectivity index (χ4n) is 3.54. The van der Waals surface area contributed by atoms with Gasteiger partial charge in [0.25, 0.3) is 0 Å². The standard InChI is InChI=1S/C14H25NO4.C13H23NO5.C11H19NO5.C11H23NO2/c1-9(2)12(16)19-11(4)13(17)18-10(3)8-15-14(5,6)7;1-9(7-14-13(3,4)5)18-12(16)10(2)19-11(15)8-17-6;1-11(2,3)12-5-6-16-10(14)8-17-9(13)7-15-4;1-9(7-12-11(3,4)5)14-8-10(2)13-6/h8-11H,1-7H3;7,9-10H,8H2,1-6H3;5H,6-8H2,1-4H3;7,9-10H,8H2,1-6H3. The Morgan fingerprint density at radius 1 is 0.449 bits per heavy atom. The van der Waals surface area contributed by atoms with Crippen LogP contribution < -0.4 is 0 Å². The van der Waals surface area contributed by atoms with Gasteiger partial charge in [0, 0.05) is 46.2 Å². The maximum Gasteiger partial charge on any atom is 0.347 e. The highest BCUT2D eigenvalue weighted by Gasteiger charge is 2.23. The summed E-state index contributed by atoms with van der Waals surface area (Å²) >= 11 is 0. The summed E-state index contributed by atoms with van der Waals surface area (Å²) in [6.45, 7) is 37.2. The lowest BCUT2D eigenvalue weighted by molar-refractivity contribution is -0.169. The first-order valence-electron chi connectivity index (χ1n) is 22.8. The Bertz CT molecular complexity index is 1590. The number of carbonyl (C=O) groups excluding carboxylic acids is 6. The summed E-state index contributed by atoms with van der Waals surface area (Å²) in [6.07, 6.45) is 3.89. The smallest absolute Gasteiger partial charge is 0.347 e. The lowest BCUT2D eigenvalue weighted by Crippen LogP contribution is -2.31. The van der Waals surface area contributed by atoms with E-state index >= 15 is 0 Å². The van der Waals surface area contributed by atoms with Crippen molar-refractivity contribution in [2.24, 2.45) is 25.9 Å². The lowest BCUT2D eigenvalue weighted by atomic mass is 10.1. The molecule has 0 saturated heterocycles. The van der Waals surface area contributed by atoms with Gasteiger partial charge in [-0.15, -0.1) is 0 Å². The minimum Gasteiger partial charge on any atom is -0.457 e. The number of aliphatic imine (C=N–C) groups is 4. The Morgan fingerprint density at radius 2 is 0.826 bits per heavy atom. The second-order valence-corrected chi connectivity index (χ2v) is 19.8. The molecule has 0 aliphatic heterocycles. The monoisotopic (exact) mass is 991 g/mol. The summed E-state index contributed by atoms with van der Waals surface area (Å²) in [4.78, 5) is 84.6. The molecule has 0 heterocycles. The molecule has 0 aromatic carbocycles. The van der Waals surface area contributed by atoms with Crippen molar-refractivity contribution in [1.82, 2.24) is 0 Å². The second-order valence-electron chi connectivity index (χ2n) is 19.8. The molecule has 0 radical (unpaired) electrons. The van der Waals surface area contributed by atoms with Crippen LogP contribution in [0, 0.1) is 5.92 Å². The van der Waals surface area contributed by atoms with E-state index in [1.165, 1.54) is 34.3 Å². The molecule has 0 spiro atoms. The van der Waals surface area contributed by atoms with Crippen LogP contribution in [-0.4, -0.2) is 174 Å². The van der Waals surface area contributed by atoms with E-state index in [1.54, 1.807) is 47.2 Å². The number of rotatable bonds is 22.